The first-order valence-electron chi connectivity index (χ1n) is 11.3. The Kier molecular flexibility index (Phi) is 6.38. The van der Waals surface area contributed by atoms with E-state index in [0.717, 1.165) is 11.1 Å². The number of rotatable bonds is 6. The van der Waals surface area contributed by atoms with Gasteiger partial charge in [0.25, 0.3) is 5.78 Å². The number of ether oxygens (including phenoxy) is 1. The van der Waals surface area contributed by atoms with Gasteiger partial charge in [-0.05, 0) is 54.4 Å². The number of aromatic nitrogens is 1. The van der Waals surface area contributed by atoms with Gasteiger partial charge in [-0.15, -0.1) is 0 Å². The van der Waals surface area contributed by atoms with Crippen LogP contribution < -0.4 is 9.64 Å². The number of carbonyl (C=O) groups excluding carboxylic acids is 2. The zero-order valence-electron chi connectivity index (χ0n) is 19.1. The summed E-state index contributed by atoms with van der Waals surface area (Å²) < 4.78 is 6.41. The molecule has 1 saturated heterocycles. The van der Waals surface area contributed by atoms with E-state index >= 15 is 0 Å². The molecule has 1 fully saturated rings. The largest absolute Gasteiger partial charge is 0.508 e. The third-order valence-electron chi connectivity index (χ3n) is 5.76. The average molecular weight is 521 g/mol. The van der Waals surface area contributed by atoms with E-state index in [9.17, 15) is 19.8 Å². The molecule has 0 aliphatic carbocycles. The van der Waals surface area contributed by atoms with E-state index in [-0.39, 0.29) is 22.2 Å². The SMILES string of the molecule is CCCOc1cccc(/C(O)=C2\C(=O)C(=O)N(c3nc4ccc(Cl)cc4s3)C2c2cccc(O)c2)c1. The van der Waals surface area contributed by atoms with Crippen molar-refractivity contribution >= 4 is 55.7 Å². The van der Waals surface area contributed by atoms with Crippen LogP contribution >= 0.6 is 22.9 Å². The molecule has 0 radical (unpaired) electrons. The third kappa shape index (κ3) is 4.29. The first kappa shape index (κ1) is 23.8. The molecule has 1 unspecified atom stereocenters. The molecule has 182 valence electrons. The van der Waals surface area contributed by atoms with Crippen molar-refractivity contribution in [3.8, 4) is 11.5 Å². The van der Waals surface area contributed by atoms with Crippen LogP contribution in [0.1, 0.15) is 30.5 Å². The van der Waals surface area contributed by atoms with Gasteiger partial charge in [-0.25, -0.2) is 4.98 Å². The van der Waals surface area contributed by atoms with Crippen LogP contribution in [-0.2, 0) is 9.59 Å². The maximum absolute atomic E-state index is 13.4. The van der Waals surface area contributed by atoms with Crippen molar-refractivity contribution in [1.29, 1.82) is 0 Å². The van der Waals surface area contributed by atoms with Crippen molar-refractivity contribution in [2.24, 2.45) is 0 Å². The highest BCUT2D eigenvalue weighted by molar-refractivity contribution is 7.22. The maximum atomic E-state index is 13.4. The number of carbonyl (C=O) groups is 2. The Morgan fingerprint density at radius 3 is 2.69 bits per heavy atom. The van der Waals surface area contributed by atoms with Crippen LogP contribution in [0.5, 0.6) is 11.5 Å². The summed E-state index contributed by atoms with van der Waals surface area (Å²) in [5, 5.41) is 22.3. The summed E-state index contributed by atoms with van der Waals surface area (Å²) in [5.74, 6) is -1.52. The predicted octanol–water partition coefficient (Wildman–Crippen LogP) is 6.07. The highest BCUT2D eigenvalue weighted by atomic mass is 35.5. The Morgan fingerprint density at radius 2 is 1.92 bits per heavy atom. The molecule has 5 rings (SSSR count). The van der Waals surface area contributed by atoms with E-state index in [2.05, 4.69) is 4.98 Å². The van der Waals surface area contributed by atoms with Gasteiger partial charge >= 0.3 is 5.91 Å². The molecule has 1 aliphatic rings. The normalized spacial score (nSPS) is 17.2. The van der Waals surface area contributed by atoms with Gasteiger partial charge < -0.3 is 14.9 Å². The summed E-state index contributed by atoms with van der Waals surface area (Å²) in [5.41, 5.74) is 1.31. The number of phenols is 1. The molecule has 1 amide bonds. The summed E-state index contributed by atoms with van der Waals surface area (Å²) in [6, 6.07) is 17.1. The number of fused-ring (bicyclic) bond motifs is 1. The zero-order valence-corrected chi connectivity index (χ0v) is 20.7. The summed E-state index contributed by atoms with van der Waals surface area (Å²) in [4.78, 5) is 32.5. The Hall–Kier alpha value is -3.88. The molecule has 0 spiro atoms. The lowest BCUT2D eigenvalue weighted by Gasteiger charge is -2.23. The Balaban J connectivity index is 1.69. The van der Waals surface area contributed by atoms with Crippen molar-refractivity contribution < 1.29 is 24.5 Å². The van der Waals surface area contributed by atoms with E-state index in [1.807, 2.05) is 6.92 Å². The van der Waals surface area contributed by atoms with Crippen LogP contribution in [0.3, 0.4) is 0 Å². The second kappa shape index (κ2) is 9.64. The molecule has 4 aromatic rings. The lowest BCUT2D eigenvalue weighted by molar-refractivity contribution is -0.132. The smallest absolute Gasteiger partial charge is 0.301 e. The second-order valence-electron chi connectivity index (χ2n) is 8.25. The first-order chi connectivity index (χ1) is 17.4. The van der Waals surface area contributed by atoms with E-state index in [4.69, 9.17) is 16.3 Å². The number of phenolic OH excluding ortho intramolecular Hbond substituents is 1. The number of aliphatic hydroxyl groups excluding tert-OH is 1. The van der Waals surface area contributed by atoms with Gasteiger partial charge in [0.2, 0.25) is 0 Å². The number of hydrogen-bond acceptors (Lipinski definition) is 7. The van der Waals surface area contributed by atoms with Crippen molar-refractivity contribution in [1.82, 2.24) is 4.98 Å². The lowest BCUT2D eigenvalue weighted by atomic mass is 9.95. The van der Waals surface area contributed by atoms with E-state index < -0.39 is 17.7 Å². The van der Waals surface area contributed by atoms with Gasteiger partial charge in [0, 0.05) is 10.6 Å². The second-order valence-corrected chi connectivity index (χ2v) is 9.69. The number of hydrogen-bond donors (Lipinski definition) is 2. The number of Topliss-reactive ketones (excluding diaryl/α,β-unsaturated/α-hetero) is 1. The molecule has 1 aliphatic heterocycles. The molecule has 1 aromatic heterocycles. The average Bonchev–Trinajstić information content (AvgIpc) is 3.40. The predicted molar refractivity (Wildman–Crippen MR) is 140 cm³/mol. The molecule has 36 heavy (non-hydrogen) atoms. The molecule has 9 heteroatoms. The van der Waals surface area contributed by atoms with Gasteiger partial charge in [0.05, 0.1) is 28.4 Å². The zero-order chi connectivity index (χ0) is 25.4. The summed E-state index contributed by atoms with van der Waals surface area (Å²) in [7, 11) is 0. The van der Waals surface area contributed by atoms with Crippen molar-refractivity contribution in [3.63, 3.8) is 0 Å². The molecule has 2 N–H and O–H groups in total. The van der Waals surface area contributed by atoms with Gasteiger partial charge in [-0.3, -0.25) is 14.5 Å². The number of nitrogens with zero attached hydrogens (tertiary/aromatic N) is 2. The van der Waals surface area contributed by atoms with Crippen LogP contribution in [0.15, 0.2) is 72.3 Å². The third-order valence-corrected chi connectivity index (χ3v) is 7.01. The van der Waals surface area contributed by atoms with Gasteiger partial charge in [-0.2, -0.15) is 0 Å². The van der Waals surface area contributed by atoms with E-state index in [0.29, 0.717) is 34.0 Å². The van der Waals surface area contributed by atoms with Crippen molar-refractivity contribution in [2.75, 3.05) is 11.5 Å². The molecule has 1 atom stereocenters. The molecule has 0 saturated carbocycles. The summed E-state index contributed by atoms with van der Waals surface area (Å²) in [6.07, 6.45) is 0.812. The standard InChI is InChI=1S/C27H21ClN2O5S/c1-2-11-35-19-8-4-6-16(13-19)24(32)22-23(15-5-3-7-18(31)12-15)30(26(34)25(22)33)27-29-20-10-9-17(28)14-21(20)36-27/h3-10,12-14,23,31-32H,2,11H2,1H3/b24-22+. The monoisotopic (exact) mass is 520 g/mol. The molecule has 2 heterocycles. The number of benzene rings is 3. The fourth-order valence-electron chi connectivity index (χ4n) is 4.14. The highest BCUT2D eigenvalue weighted by Crippen LogP contribution is 2.45. The molecule has 7 nitrogen and oxygen atoms in total. The fraction of sp³-hybridized carbons (Fsp3) is 0.148. The van der Waals surface area contributed by atoms with E-state index in [1.54, 1.807) is 54.6 Å². The van der Waals surface area contributed by atoms with Crippen LogP contribution in [0.25, 0.3) is 16.0 Å². The van der Waals surface area contributed by atoms with Crippen LogP contribution in [0, 0.1) is 0 Å². The number of aromatic hydroxyl groups is 1. The molecule has 0 bridgehead atoms. The summed E-state index contributed by atoms with van der Waals surface area (Å²) in [6.45, 7) is 2.48. The van der Waals surface area contributed by atoms with Crippen molar-refractivity contribution in [2.45, 2.75) is 19.4 Å². The quantitative estimate of drug-likeness (QED) is 0.182. The van der Waals surface area contributed by atoms with E-state index in [1.165, 1.54) is 28.4 Å². The Morgan fingerprint density at radius 1 is 1.11 bits per heavy atom. The number of ketones is 1. The lowest BCUT2D eigenvalue weighted by Crippen LogP contribution is -2.29. The molecular weight excluding hydrogens is 500 g/mol. The molecular formula is C27H21ClN2O5S. The number of aliphatic hydroxyl groups is 1. The maximum Gasteiger partial charge on any atom is 0.301 e. The van der Waals surface area contributed by atoms with Gasteiger partial charge in [-0.1, -0.05) is 54.1 Å². The Bertz CT molecular complexity index is 1530. The topological polar surface area (TPSA) is 100.0 Å². The minimum Gasteiger partial charge on any atom is -0.508 e. The number of amides is 1. The van der Waals surface area contributed by atoms with Gasteiger partial charge in [0.15, 0.2) is 5.13 Å². The number of halogens is 1. The first-order valence-corrected chi connectivity index (χ1v) is 12.5. The Labute approximate surface area is 215 Å². The van der Waals surface area contributed by atoms with Gasteiger partial charge in [0.1, 0.15) is 17.3 Å². The van der Waals surface area contributed by atoms with Crippen molar-refractivity contribution in [3.05, 3.63) is 88.5 Å². The highest BCUT2D eigenvalue weighted by Gasteiger charge is 2.48. The van der Waals surface area contributed by atoms with Crippen LogP contribution in [0.2, 0.25) is 5.02 Å². The fourth-order valence-corrected chi connectivity index (χ4v) is 5.41. The van der Waals surface area contributed by atoms with Crippen LogP contribution in [0.4, 0.5) is 5.13 Å². The number of anilines is 1. The number of thiazole rings is 1. The summed E-state index contributed by atoms with van der Waals surface area (Å²) >= 11 is 7.33. The van der Waals surface area contributed by atoms with Crippen LogP contribution in [-0.4, -0.2) is 33.5 Å². The molecule has 3 aromatic carbocycles. The minimum absolute atomic E-state index is 0.0378. The minimum atomic E-state index is -1.01.